The summed E-state index contributed by atoms with van der Waals surface area (Å²) in [5.41, 5.74) is 5.01. The van der Waals surface area contributed by atoms with Gasteiger partial charge in [-0.25, -0.2) is 19.9 Å². The summed E-state index contributed by atoms with van der Waals surface area (Å²) in [4.78, 5) is 19.9. The molecule has 0 N–H and O–H groups in total. The zero-order chi connectivity index (χ0) is 31.2. The topological polar surface area (TPSA) is 60.9 Å². The van der Waals surface area contributed by atoms with E-state index in [1.54, 1.807) is 0 Å². The smallest absolute Gasteiger partial charge is 0.221 e. The van der Waals surface area contributed by atoms with Crippen LogP contribution in [0.2, 0.25) is 0 Å². The summed E-state index contributed by atoms with van der Waals surface area (Å²) < 4.78 is 4.32. The lowest BCUT2D eigenvalue weighted by Crippen LogP contribution is -2.74. The first-order valence-electron chi connectivity index (χ1n) is 15.6. The first-order chi connectivity index (χ1) is 23.3. The molecule has 0 fully saturated rings. The summed E-state index contributed by atoms with van der Waals surface area (Å²) in [6.45, 7) is 0. The van der Waals surface area contributed by atoms with Crippen LogP contribution in [0, 0.1) is 0 Å². The van der Waals surface area contributed by atoms with Crippen molar-refractivity contribution < 1.29 is 0 Å². The van der Waals surface area contributed by atoms with E-state index in [1.807, 2.05) is 42.9 Å². The van der Waals surface area contributed by atoms with E-state index in [1.165, 1.54) is 15.6 Å². The van der Waals surface area contributed by atoms with Crippen LogP contribution < -0.4 is 20.7 Å². The number of para-hydroxylation sites is 4. The van der Waals surface area contributed by atoms with Gasteiger partial charge in [0.1, 0.15) is 5.82 Å². The summed E-state index contributed by atoms with van der Waals surface area (Å²) in [5.74, 6) is 2.23. The van der Waals surface area contributed by atoms with Crippen LogP contribution in [0.1, 0.15) is 0 Å². The molecule has 0 saturated heterocycles. The van der Waals surface area contributed by atoms with Gasteiger partial charge in [0.05, 0.1) is 22.1 Å². The average molecular weight is 621 g/mol. The Morgan fingerprint density at radius 1 is 0.468 bits per heavy atom. The maximum atomic E-state index is 5.04. The summed E-state index contributed by atoms with van der Waals surface area (Å²) in [6.07, 6.45) is 5.89. The molecule has 0 aliphatic heterocycles. The SMILES string of the molecule is c1ccc([Si](c2ccccc2)(c2ccccc2)c2cnc(-c3ccnc(-n4c5ccccc5n5c6ccccc6nc45)c3)nc2)cc1. The number of imidazole rings is 2. The molecule has 0 aliphatic carbocycles. The van der Waals surface area contributed by atoms with Gasteiger partial charge in [-0.2, -0.15) is 0 Å². The van der Waals surface area contributed by atoms with Crippen LogP contribution in [0.4, 0.5) is 0 Å². The minimum absolute atomic E-state index is 0.649. The Labute approximate surface area is 272 Å². The van der Waals surface area contributed by atoms with Gasteiger partial charge in [0.2, 0.25) is 5.78 Å². The Morgan fingerprint density at radius 3 is 1.62 bits per heavy atom. The zero-order valence-corrected chi connectivity index (χ0v) is 26.3. The molecule has 7 heteroatoms. The largest absolute Gasteiger partial charge is 0.276 e. The van der Waals surface area contributed by atoms with Crippen molar-refractivity contribution in [3.8, 4) is 17.2 Å². The van der Waals surface area contributed by atoms with Crippen LogP contribution in [0.25, 0.3) is 45.1 Å². The first-order valence-corrected chi connectivity index (χ1v) is 17.6. The number of nitrogens with zero attached hydrogens (tertiary/aromatic N) is 6. The van der Waals surface area contributed by atoms with Gasteiger partial charge < -0.3 is 0 Å². The van der Waals surface area contributed by atoms with Gasteiger partial charge in [-0.3, -0.25) is 8.97 Å². The predicted octanol–water partition coefficient (Wildman–Crippen LogP) is 5.66. The fourth-order valence-electron chi connectivity index (χ4n) is 6.99. The highest BCUT2D eigenvalue weighted by atomic mass is 28.3. The molecule has 0 bridgehead atoms. The molecule has 0 saturated carbocycles. The van der Waals surface area contributed by atoms with Crippen LogP contribution in [-0.2, 0) is 0 Å². The van der Waals surface area contributed by atoms with Crippen molar-refractivity contribution >= 4 is 56.7 Å². The molecule has 0 amide bonds. The molecule has 0 radical (unpaired) electrons. The van der Waals surface area contributed by atoms with E-state index in [9.17, 15) is 0 Å². The summed E-state index contributed by atoms with van der Waals surface area (Å²) in [7, 11) is -2.71. The maximum absolute atomic E-state index is 5.04. The molecule has 0 unspecified atom stereocenters. The third-order valence-electron chi connectivity index (χ3n) is 9.04. The second-order valence-electron chi connectivity index (χ2n) is 11.6. The Kier molecular flexibility index (Phi) is 6.36. The van der Waals surface area contributed by atoms with Crippen LogP contribution in [0.5, 0.6) is 0 Å². The second-order valence-corrected chi connectivity index (χ2v) is 15.4. The van der Waals surface area contributed by atoms with E-state index in [4.69, 9.17) is 19.9 Å². The molecule has 0 aliphatic rings. The lowest BCUT2D eigenvalue weighted by Gasteiger charge is -2.33. The number of benzene rings is 5. The van der Waals surface area contributed by atoms with Crippen LogP contribution in [0.3, 0.4) is 0 Å². The number of rotatable bonds is 6. The normalized spacial score (nSPS) is 11.8. The summed E-state index contributed by atoms with van der Waals surface area (Å²) >= 11 is 0. The Bertz CT molecular complexity index is 2410. The third-order valence-corrected chi connectivity index (χ3v) is 13.8. The van der Waals surface area contributed by atoms with Gasteiger partial charge >= 0.3 is 0 Å². The molecular formula is C40H28N6Si. The molecule has 4 aromatic heterocycles. The van der Waals surface area contributed by atoms with Gasteiger partial charge in [-0.1, -0.05) is 115 Å². The van der Waals surface area contributed by atoms with Gasteiger partial charge in [0.25, 0.3) is 0 Å². The standard InChI is InChI=1S/C40H28N6Si/c1-4-14-30(15-5-1)47(31-16-6-2-7-17-31,32-18-8-3-9-19-32)33-27-42-39(43-28-33)29-24-25-41-38(26-29)46-37-23-13-12-22-36(37)45-35-21-11-10-20-34(35)44-40(45)46/h1-28H. The minimum atomic E-state index is -2.71. The lowest BCUT2D eigenvalue weighted by atomic mass is 10.2. The molecular weight excluding hydrogens is 593 g/mol. The zero-order valence-electron chi connectivity index (χ0n) is 25.3. The molecule has 6 nitrogen and oxygen atoms in total. The van der Waals surface area contributed by atoms with Gasteiger partial charge in [0, 0.05) is 24.2 Å². The van der Waals surface area contributed by atoms with Crippen molar-refractivity contribution in [2.75, 3.05) is 0 Å². The van der Waals surface area contributed by atoms with Crippen molar-refractivity contribution in [1.82, 2.24) is 28.9 Å². The molecule has 222 valence electrons. The van der Waals surface area contributed by atoms with Crippen LogP contribution in [-0.4, -0.2) is 37.0 Å². The van der Waals surface area contributed by atoms with Crippen molar-refractivity contribution in [2.24, 2.45) is 0 Å². The van der Waals surface area contributed by atoms with Crippen molar-refractivity contribution in [3.63, 3.8) is 0 Å². The average Bonchev–Trinajstić information content (AvgIpc) is 3.68. The highest BCUT2D eigenvalue weighted by molar-refractivity contribution is 7.19. The summed E-state index contributed by atoms with van der Waals surface area (Å²) in [5, 5.41) is 4.99. The number of aromatic nitrogens is 6. The number of fused-ring (bicyclic) bond motifs is 5. The Morgan fingerprint density at radius 2 is 1.00 bits per heavy atom. The fraction of sp³-hybridized carbons (Fsp3) is 0. The monoisotopic (exact) mass is 620 g/mol. The molecule has 9 rings (SSSR count). The van der Waals surface area contributed by atoms with Crippen molar-refractivity contribution in [2.45, 2.75) is 0 Å². The molecule has 0 spiro atoms. The summed E-state index contributed by atoms with van der Waals surface area (Å²) in [6, 6.07) is 53.1. The number of pyridine rings is 1. The second kappa shape index (κ2) is 11.0. The van der Waals surface area contributed by atoms with Crippen LogP contribution in [0.15, 0.2) is 170 Å². The molecule has 5 aromatic carbocycles. The highest BCUT2D eigenvalue weighted by Gasteiger charge is 2.42. The molecule has 0 atom stereocenters. The van der Waals surface area contributed by atoms with E-state index in [0.29, 0.717) is 5.82 Å². The first kappa shape index (κ1) is 27.2. The third kappa shape index (κ3) is 4.25. The fourth-order valence-corrected chi connectivity index (χ4v) is 11.6. The van der Waals surface area contributed by atoms with E-state index in [2.05, 4.69) is 136 Å². The van der Waals surface area contributed by atoms with Gasteiger partial charge in [-0.05, 0) is 57.1 Å². The van der Waals surface area contributed by atoms with Gasteiger partial charge in [0.15, 0.2) is 13.9 Å². The minimum Gasteiger partial charge on any atom is -0.276 e. The van der Waals surface area contributed by atoms with Crippen LogP contribution >= 0.6 is 0 Å². The Balaban J connectivity index is 1.20. The molecule has 4 heterocycles. The lowest BCUT2D eigenvalue weighted by molar-refractivity contribution is 1.04. The van der Waals surface area contributed by atoms with E-state index in [-0.39, 0.29) is 0 Å². The Hall–Kier alpha value is -6.18. The maximum Gasteiger partial charge on any atom is 0.221 e. The molecule has 9 aromatic rings. The van der Waals surface area contributed by atoms with E-state index in [0.717, 1.165) is 44.4 Å². The number of hydrogen-bond donors (Lipinski definition) is 0. The van der Waals surface area contributed by atoms with E-state index < -0.39 is 8.07 Å². The quantitative estimate of drug-likeness (QED) is 0.178. The molecule has 47 heavy (non-hydrogen) atoms. The predicted molar refractivity (Wildman–Crippen MR) is 192 cm³/mol. The van der Waals surface area contributed by atoms with Crippen molar-refractivity contribution in [3.05, 3.63) is 170 Å². The highest BCUT2D eigenvalue weighted by Crippen LogP contribution is 2.29. The number of hydrogen-bond acceptors (Lipinski definition) is 4. The van der Waals surface area contributed by atoms with Gasteiger partial charge in [-0.15, -0.1) is 0 Å². The van der Waals surface area contributed by atoms with Crippen molar-refractivity contribution in [1.29, 1.82) is 0 Å². The van der Waals surface area contributed by atoms with E-state index >= 15 is 0 Å².